The second-order valence-electron chi connectivity index (χ2n) is 5.31. The number of amides is 1. The van der Waals surface area contributed by atoms with Crippen LogP contribution in [-0.2, 0) is 4.79 Å². The fourth-order valence-corrected chi connectivity index (χ4v) is 3.54. The number of halogens is 1. The van der Waals surface area contributed by atoms with Gasteiger partial charge in [0.2, 0.25) is 5.91 Å². The maximum Gasteiger partial charge on any atom is 0.234 e. The third-order valence-corrected chi connectivity index (χ3v) is 4.70. The van der Waals surface area contributed by atoms with Crippen LogP contribution in [0.3, 0.4) is 0 Å². The number of hydrogen-bond donors (Lipinski definition) is 1. The summed E-state index contributed by atoms with van der Waals surface area (Å²) in [4.78, 5) is 16.5. The summed E-state index contributed by atoms with van der Waals surface area (Å²) >= 11 is 7.61. The molecule has 0 saturated carbocycles. The van der Waals surface area contributed by atoms with E-state index >= 15 is 0 Å². The van der Waals surface area contributed by atoms with Gasteiger partial charge in [-0.1, -0.05) is 35.5 Å². The molecule has 0 atom stereocenters. The number of carbonyl (C=O) groups excluding carboxylic acids is 1. The summed E-state index contributed by atoms with van der Waals surface area (Å²) in [6.45, 7) is 3.91. The van der Waals surface area contributed by atoms with Crippen LogP contribution in [0.2, 0.25) is 5.02 Å². The zero-order chi connectivity index (χ0) is 16.4. The topological polar surface area (TPSA) is 46.4 Å². The molecule has 0 saturated heterocycles. The number of thioether (sulfide) groups is 1. The number of benzene rings is 1. The number of fused-ring (bicyclic) bond motifs is 1. The number of pyridine rings is 1. The van der Waals surface area contributed by atoms with Crippen molar-refractivity contribution in [3.8, 4) is 0 Å². The molecular formula is C17H16ClN3OS. The number of nitrogens with zero attached hydrogens (tertiary/aromatic N) is 2. The van der Waals surface area contributed by atoms with Gasteiger partial charge in [-0.2, -0.15) is 0 Å². The Morgan fingerprint density at radius 1 is 1.35 bits per heavy atom. The van der Waals surface area contributed by atoms with Gasteiger partial charge in [-0.3, -0.25) is 9.20 Å². The molecule has 6 heteroatoms. The van der Waals surface area contributed by atoms with Crippen molar-refractivity contribution < 1.29 is 4.79 Å². The van der Waals surface area contributed by atoms with Crippen molar-refractivity contribution in [1.29, 1.82) is 0 Å². The molecule has 0 radical (unpaired) electrons. The number of anilines is 1. The zero-order valence-corrected chi connectivity index (χ0v) is 14.4. The Labute approximate surface area is 143 Å². The Morgan fingerprint density at radius 2 is 2.17 bits per heavy atom. The fraction of sp³-hybridized carbons (Fsp3) is 0.176. The lowest BCUT2D eigenvalue weighted by Gasteiger charge is -2.11. The van der Waals surface area contributed by atoms with Crippen LogP contribution in [0.25, 0.3) is 5.52 Å². The number of carbonyl (C=O) groups is 1. The molecule has 0 aliphatic carbocycles. The summed E-state index contributed by atoms with van der Waals surface area (Å²) in [6.07, 6.45) is 3.73. The Morgan fingerprint density at radius 3 is 2.96 bits per heavy atom. The summed E-state index contributed by atoms with van der Waals surface area (Å²) in [7, 11) is 0. The maximum absolute atomic E-state index is 12.2. The molecule has 2 heterocycles. The van der Waals surface area contributed by atoms with Crippen molar-refractivity contribution in [2.24, 2.45) is 0 Å². The molecule has 118 valence electrons. The van der Waals surface area contributed by atoms with Gasteiger partial charge >= 0.3 is 0 Å². The summed E-state index contributed by atoms with van der Waals surface area (Å²) in [6, 6.07) is 9.72. The lowest BCUT2D eigenvalue weighted by Crippen LogP contribution is -2.15. The van der Waals surface area contributed by atoms with Gasteiger partial charge in [-0.15, -0.1) is 0 Å². The van der Waals surface area contributed by atoms with Crippen LogP contribution in [0.15, 0.2) is 47.9 Å². The lowest BCUT2D eigenvalue weighted by atomic mass is 10.1. The lowest BCUT2D eigenvalue weighted by molar-refractivity contribution is -0.113. The third kappa shape index (κ3) is 3.51. The number of hydrogen-bond acceptors (Lipinski definition) is 3. The second kappa shape index (κ2) is 6.64. The van der Waals surface area contributed by atoms with Gasteiger partial charge in [0.15, 0.2) is 5.16 Å². The number of aromatic nitrogens is 2. The molecule has 0 fully saturated rings. The smallest absolute Gasteiger partial charge is 0.234 e. The van der Waals surface area contributed by atoms with E-state index in [0.717, 1.165) is 21.8 Å². The molecule has 0 unspecified atom stereocenters. The van der Waals surface area contributed by atoms with Gasteiger partial charge in [0.1, 0.15) is 0 Å². The number of rotatable bonds is 4. The normalized spacial score (nSPS) is 10.9. The Bertz CT molecular complexity index is 852. The minimum absolute atomic E-state index is 0.100. The molecule has 0 spiro atoms. The van der Waals surface area contributed by atoms with Crippen molar-refractivity contribution in [1.82, 2.24) is 9.38 Å². The highest BCUT2D eigenvalue weighted by molar-refractivity contribution is 7.99. The number of nitrogens with one attached hydrogen (secondary N) is 1. The summed E-state index contributed by atoms with van der Waals surface area (Å²) in [5.74, 6) is 0.175. The van der Waals surface area contributed by atoms with Crippen molar-refractivity contribution in [3.05, 3.63) is 58.9 Å². The van der Waals surface area contributed by atoms with Crippen molar-refractivity contribution in [2.45, 2.75) is 19.0 Å². The first kappa shape index (κ1) is 15.9. The first-order valence-electron chi connectivity index (χ1n) is 7.16. The van der Waals surface area contributed by atoms with E-state index in [9.17, 15) is 4.79 Å². The molecule has 23 heavy (non-hydrogen) atoms. The first-order valence-corrected chi connectivity index (χ1v) is 8.52. The molecule has 0 bridgehead atoms. The van der Waals surface area contributed by atoms with Crippen molar-refractivity contribution >= 4 is 40.5 Å². The third-order valence-electron chi connectivity index (χ3n) is 3.43. The van der Waals surface area contributed by atoms with E-state index in [0.29, 0.717) is 10.7 Å². The van der Waals surface area contributed by atoms with Crippen molar-refractivity contribution in [2.75, 3.05) is 11.1 Å². The monoisotopic (exact) mass is 345 g/mol. The minimum Gasteiger partial charge on any atom is -0.324 e. The van der Waals surface area contributed by atoms with Gasteiger partial charge in [-0.25, -0.2) is 4.98 Å². The van der Waals surface area contributed by atoms with Crippen LogP contribution in [0.4, 0.5) is 5.69 Å². The first-order chi connectivity index (χ1) is 11.0. The number of imidazole rings is 1. The highest BCUT2D eigenvalue weighted by Gasteiger charge is 2.11. The van der Waals surface area contributed by atoms with Crippen LogP contribution in [-0.4, -0.2) is 21.0 Å². The van der Waals surface area contributed by atoms with Gasteiger partial charge in [0, 0.05) is 6.20 Å². The van der Waals surface area contributed by atoms with Crippen LogP contribution in [0, 0.1) is 13.8 Å². The van der Waals surface area contributed by atoms with Gasteiger partial charge < -0.3 is 5.32 Å². The summed E-state index contributed by atoms with van der Waals surface area (Å²) in [5, 5.41) is 4.24. The molecule has 0 aliphatic heterocycles. The molecule has 3 aromatic rings. The van der Waals surface area contributed by atoms with E-state index in [4.69, 9.17) is 11.6 Å². The molecule has 4 nitrogen and oxygen atoms in total. The van der Waals surface area contributed by atoms with Crippen LogP contribution in [0.5, 0.6) is 0 Å². The van der Waals surface area contributed by atoms with Gasteiger partial charge in [-0.05, 0) is 43.2 Å². The number of aryl methyl sites for hydroxylation is 2. The maximum atomic E-state index is 12.2. The SMILES string of the molecule is Cc1cc(C)c(NC(=O)CSc2ncc3ccccn23)c(Cl)c1. The van der Waals surface area contributed by atoms with E-state index in [1.54, 1.807) is 6.20 Å². The van der Waals surface area contributed by atoms with Crippen LogP contribution in [0.1, 0.15) is 11.1 Å². The van der Waals surface area contributed by atoms with Crippen LogP contribution < -0.4 is 5.32 Å². The molecule has 1 aromatic carbocycles. The molecule has 1 N–H and O–H groups in total. The van der Waals surface area contributed by atoms with E-state index in [2.05, 4.69) is 10.3 Å². The Kier molecular flexibility index (Phi) is 4.59. The Balaban J connectivity index is 1.69. The van der Waals surface area contributed by atoms with Crippen LogP contribution >= 0.6 is 23.4 Å². The minimum atomic E-state index is -0.100. The highest BCUT2D eigenvalue weighted by atomic mass is 35.5. The molecular weight excluding hydrogens is 330 g/mol. The highest BCUT2D eigenvalue weighted by Crippen LogP contribution is 2.27. The van der Waals surface area contributed by atoms with E-state index in [1.165, 1.54) is 11.8 Å². The van der Waals surface area contributed by atoms with Gasteiger partial charge in [0.25, 0.3) is 0 Å². The average molecular weight is 346 g/mol. The quantitative estimate of drug-likeness (QED) is 0.716. The standard InChI is InChI=1S/C17H16ClN3OS/c1-11-7-12(2)16(14(18)8-11)20-15(22)10-23-17-19-9-13-5-3-4-6-21(13)17/h3-9H,10H2,1-2H3,(H,20,22). The van der Waals surface area contributed by atoms with Crippen molar-refractivity contribution in [3.63, 3.8) is 0 Å². The summed E-state index contributed by atoms with van der Waals surface area (Å²) in [5.41, 5.74) is 3.71. The summed E-state index contributed by atoms with van der Waals surface area (Å²) < 4.78 is 1.96. The molecule has 0 aliphatic rings. The van der Waals surface area contributed by atoms with E-state index in [1.807, 2.05) is 54.8 Å². The average Bonchev–Trinajstić information content (AvgIpc) is 2.92. The molecule has 3 rings (SSSR count). The van der Waals surface area contributed by atoms with Gasteiger partial charge in [0.05, 0.1) is 28.2 Å². The fourth-order valence-electron chi connectivity index (χ4n) is 2.41. The predicted octanol–water partition coefficient (Wildman–Crippen LogP) is 4.34. The Hall–Kier alpha value is -1.98. The zero-order valence-electron chi connectivity index (χ0n) is 12.8. The molecule has 1 amide bonds. The predicted molar refractivity (Wildman–Crippen MR) is 95.5 cm³/mol. The van der Waals surface area contributed by atoms with E-state index < -0.39 is 0 Å². The van der Waals surface area contributed by atoms with E-state index in [-0.39, 0.29) is 11.7 Å². The second-order valence-corrected chi connectivity index (χ2v) is 6.66. The molecule has 2 aromatic heterocycles. The largest absolute Gasteiger partial charge is 0.324 e.